The van der Waals surface area contributed by atoms with E-state index in [1.165, 1.54) is 23.1 Å². The van der Waals surface area contributed by atoms with E-state index in [0.717, 1.165) is 0 Å². The van der Waals surface area contributed by atoms with Crippen LogP contribution < -0.4 is 0 Å². The summed E-state index contributed by atoms with van der Waals surface area (Å²) in [5.41, 5.74) is -0.00560. The van der Waals surface area contributed by atoms with Gasteiger partial charge in [0, 0.05) is 6.04 Å². The molecule has 1 aromatic rings. The quantitative estimate of drug-likeness (QED) is 0.612. The van der Waals surface area contributed by atoms with Gasteiger partial charge in [0.1, 0.15) is 18.0 Å². The smallest absolute Gasteiger partial charge is 0.258 e. The normalized spacial score (nSPS) is 10.0. The second-order valence-electron chi connectivity index (χ2n) is 3.89. The zero-order valence-corrected chi connectivity index (χ0v) is 9.71. The van der Waals surface area contributed by atoms with E-state index in [4.69, 9.17) is 5.26 Å². The van der Waals surface area contributed by atoms with Crippen molar-refractivity contribution in [1.82, 2.24) is 4.90 Å². The molecule has 1 rings (SSSR count). The number of nitriles is 1. The van der Waals surface area contributed by atoms with Crippen molar-refractivity contribution in [1.29, 1.82) is 5.26 Å². The second-order valence-corrected chi connectivity index (χ2v) is 3.89. The first-order valence-electron chi connectivity index (χ1n) is 5.17. The molecule has 1 aromatic carbocycles. The molecule has 5 heteroatoms. The standard InChI is InChI=1S/C12H14N2O3/c1-8(2)14(6-5-13)12(17)10-7-9(15)3-4-11(10)16/h3-4,7-8,15-16H,6H2,1-2H3. The summed E-state index contributed by atoms with van der Waals surface area (Å²) in [4.78, 5) is 13.4. The highest BCUT2D eigenvalue weighted by atomic mass is 16.3. The molecule has 0 fully saturated rings. The minimum atomic E-state index is -0.477. The van der Waals surface area contributed by atoms with Crippen LogP contribution in [-0.2, 0) is 0 Å². The number of phenolic OH excluding ortho intramolecular Hbond substituents is 2. The highest BCUT2D eigenvalue weighted by Crippen LogP contribution is 2.24. The van der Waals surface area contributed by atoms with E-state index >= 15 is 0 Å². The van der Waals surface area contributed by atoms with Gasteiger partial charge in [0.05, 0.1) is 11.6 Å². The van der Waals surface area contributed by atoms with Crippen molar-refractivity contribution in [3.63, 3.8) is 0 Å². The predicted molar refractivity (Wildman–Crippen MR) is 61.6 cm³/mol. The fourth-order valence-corrected chi connectivity index (χ4v) is 1.42. The van der Waals surface area contributed by atoms with E-state index in [1.54, 1.807) is 13.8 Å². The fourth-order valence-electron chi connectivity index (χ4n) is 1.42. The number of amides is 1. The molecule has 0 spiro atoms. The van der Waals surface area contributed by atoms with E-state index < -0.39 is 5.91 Å². The molecule has 1 amide bonds. The highest BCUT2D eigenvalue weighted by Gasteiger charge is 2.21. The molecule has 0 radical (unpaired) electrons. The molecule has 0 aliphatic carbocycles. The van der Waals surface area contributed by atoms with Crippen LogP contribution in [-0.4, -0.2) is 33.6 Å². The van der Waals surface area contributed by atoms with E-state index in [9.17, 15) is 15.0 Å². The van der Waals surface area contributed by atoms with Crippen molar-refractivity contribution >= 4 is 5.91 Å². The van der Waals surface area contributed by atoms with Crippen LogP contribution in [0.25, 0.3) is 0 Å². The topological polar surface area (TPSA) is 84.6 Å². The number of nitrogens with zero attached hydrogens (tertiary/aromatic N) is 2. The number of aromatic hydroxyl groups is 2. The van der Waals surface area contributed by atoms with Gasteiger partial charge >= 0.3 is 0 Å². The van der Waals surface area contributed by atoms with Crippen LogP contribution in [0.5, 0.6) is 11.5 Å². The maximum absolute atomic E-state index is 12.1. The number of hydrogen-bond donors (Lipinski definition) is 2. The average molecular weight is 234 g/mol. The molecule has 5 nitrogen and oxygen atoms in total. The Bertz CT molecular complexity index is 463. The molecule has 0 aliphatic rings. The Morgan fingerprint density at radius 1 is 1.47 bits per heavy atom. The molecule has 90 valence electrons. The first kappa shape index (κ1) is 12.8. The summed E-state index contributed by atoms with van der Waals surface area (Å²) in [5, 5.41) is 27.5. The van der Waals surface area contributed by atoms with Gasteiger partial charge in [-0.2, -0.15) is 5.26 Å². The molecular formula is C12H14N2O3. The number of hydrogen-bond acceptors (Lipinski definition) is 4. The van der Waals surface area contributed by atoms with Gasteiger partial charge in [0.2, 0.25) is 0 Å². The van der Waals surface area contributed by atoms with E-state index in [0.29, 0.717) is 0 Å². The molecule has 0 aromatic heterocycles. The number of carbonyl (C=O) groups is 1. The van der Waals surface area contributed by atoms with Gasteiger partial charge < -0.3 is 15.1 Å². The molecule has 0 saturated carbocycles. The third-order valence-electron chi connectivity index (χ3n) is 2.34. The highest BCUT2D eigenvalue weighted by molar-refractivity contribution is 5.97. The molecule has 0 bridgehead atoms. The second kappa shape index (κ2) is 5.21. The fraction of sp³-hybridized carbons (Fsp3) is 0.333. The Balaban J connectivity index is 3.10. The van der Waals surface area contributed by atoms with Crippen molar-refractivity contribution in [2.45, 2.75) is 19.9 Å². The van der Waals surface area contributed by atoms with Crippen molar-refractivity contribution in [3.05, 3.63) is 23.8 Å². The van der Waals surface area contributed by atoms with E-state index in [2.05, 4.69) is 0 Å². The molecule has 0 heterocycles. The third kappa shape index (κ3) is 2.88. The maximum Gasteiger partial charge on any atom is 0.258 e. The molecular weight excluding hydrogens is 220 g/mol. The molecule has 0 atom stereocenters. The Labute approximate surface area is 99.5 Å². The lowest BCUT2D eigenvalue weighted by Crippen LogP contribution is -2.37. The van der Waals surface area contributed by atoms with Crippen molar-refractivity contribution < 1.29 is 15.0 Å². The van der Waals surface area contributed by atoms with Gasteiger partial charge in [-0.15, -0.1) is 0 Å². The molecule has 0 aliphatic heterocycles. The summed E-state index contributed by atoms with van der Waals surface area (Å²) in [6.07, 6.45) is 0. The van der Waals surface area contributed by atoms with Crippen LogP contribution in [0.2, 0.25) is 0 Å². The van der Waals surface area contributed by atoms with Gasteiger partial charge in [-0.25, -0.2) is 0 Å². The lowest BCUT2D eigenvalue weighted by Gasteiger charge is -2.24. The Morgan fingerprint density at radius 2 is 2.12 bits per heavy atom. The first-order valence-corrected chi connectivity index (χ1v) is 5.17. The van der Waals surface area contributed by atoms with Gasteiger partial charge in [-0.1, -0.05) is 0 Å². The summed E-state index contributed by atoms with van der Waals surface area (Å²) in [6, 6.07) is 5.45. The van der Waals surface area contributed by atoms with E-state index in [-0.39, 0.29) is 29.6 Å². The van der Waals surface area contributed by atoms with Crippen LogP contribution in [0, 0.1) is 11.3 Å². The Morgan fingerprint density at radius 3 is 2.65 bits per heavy atom. The lowest BCUT2D eigenvalue weighted by atomic mass is 10.1. The van der Waals surface area contributed by atoms with Crippen LogP contribution in [0.4, 0.5) is 0 Å². The lowest BCUT2D eigenvalue weighted by molar-refractivity contribution is 0.0728. The minimum Gasteiger partial charge on any atom is -0.508 e. The van der Waals surface area contributed by atoms with E-state index in [1.807, 2.05) is 6.07 Å². The SMILES string of the molecule is CC(C)N(CC#N)C(=O)c1cc(O)ccc1O. The Kier molecular flexibility index (Phi) is 3.94. The monoisotopic (exact) mass is 234 g/mol. The molecule has 17 heavy (non-hydrogen) atoms. The molecule has 2 N–H and O–H groups in total. The van der Waals surface area contributed by atoms with Gasteiger partial charge in [-0.3, -0.25) is 4.79 Å². The molecule has 0 saturated heterocycles. The summed E-state index contributed by atoms with van der Waals surface area (Å²) in [5.74, 6) is -0.793. The van der Waals surface area contributed by atoms with Crippen molar-refractivity contribution in [2.24, 2.45) is 0 Å². The predicted octanol–water partition coefficient (Wildman–Crippen LogP) is 1.47. The van der Waals surface area contributed by atoms with Crippen molar-refractivity contribution in [2.75, 3.05) is 6.54 Å². The number of phenols is 2. The summed E-state index contributed by atoms with van der Waals surface area (Å²) < 4.78 is 0. The number of carbonyl (C=O) groups excluding carboxylic acids is 1. The zero-order valence-electron chi connectivity index (χ0n) is 9.71. The van der Waals surface area contributed by atoms with Crippen LogP contribution >= 0.6 is 0 Å². The average Bonchev–Trinajstić information content (AvgIpc) is 2.28. The van der Waals surface area contributed by atoms with Crippen molar-refractivity contribution in [3.8, 4) is 17.6 Å². The van der Waals surface area contributed by atoms with Crippen LogP contribution in [0.15, 0.2) is 18.2 Å². The largest absolute Gasteiger partial charge is 0.508 e. The zero-order chi connectivity index (χ0) is 13.0. The van der Waals surface area contributed by atoms with Crippen LogP contribution in [0.1, 0.15) is 24.2 Å². The maximum atomic E-state index is 12.1. The van der Waals surface area contributed by atoms with Gasteiger partial charge in [0.15, 0.2) is 0 Å². The Hall–Kier alpha value is -2.22. The first-order chi connectivity index (χ1) is 7.97. The number of benzene rings is 1. The van der Waals surface area contributed by atoms with Crippen LogP contribution in [0.3, 0.4) is 0 Å². The van der Waals surface area contributed by atoms with Gasteiger partial charge in [0.25, 0.3) is 5.91 Å². The summed E-state index contributed by atoms with van der Waals surface area (Å²) in [6.45, 7) is 3.48. The number of rotatable bonds is 3. The third-order valence-corrected chi connectivity index (χ3v) is 2.34. The van der Waals surface area contributed by atoms with Gasteiger partial charge in [-0.05, 0) is 32.0 Å². The summed E-state index contributed by atoms with van der Waals surface area (Å²) >= 11 is 0. The summed E-state index contributed by atoms with van der Waals surface area (Å²) in [7, 11) is 0. The molecule has 0 unspecified atom stereocenters. The minimum absolute atomic E-state index is 0.00560.